The summed E-state index contributed by atoms with van der Waals surface area (Å²) in [5, 5.41) is 13.7. The normalized spacial score (nSPS) is 10.2. The molecule has 0 aromatic carbocycles. The second-order valence-electron chi connectivity index (χ2n) is 4.24. The fourth-order valence-electron chi connectivity index (χ4n) is 1.70. The Labute approximate surface area is 117 Å². The van der Waals surface area contributed by atoms with E-state index in [4.69, 9.17) is 0 Å². The first-order valence-electron chi connectivity index (χ1n) is 6.61. The minimum atomic E-state index is -0.203. The van der Waals surface area contributed by atoms with Crippen molar-refractivity contribution < 1.29 is 4.79 Å². The maximum atomic E-state index is 11.8. The van der Waals surface area contributed by atoms with Crippen molar-refractivity contribution in [2.45, 2.75) is 19.9 Å². The topological polar surface area (TPSA) is 84.7 Å². The first-order chi connectivity index (χ1) is 9.79. The number of hydrogen-bond acceptors (Lipinski definition) is 5. The largest absolute Gasteiger partial charge is 0.369 e. The van der Waals surface area contributed by atoms with Crippen molar-refractivity contribution in [2.75, 3.05) is 18.4 Å². The Morgan fingerprint density at radius 2 is 2.25 bits per heavy atom. The second kappa shape index (κ2) is 7.22. The summed E-state index contributed by atoms with van der Waals surface area (Å²) in [5.41, 5.74) is 0.328. The van der Waals surface area contributed by atoms with Crippen molar-refractivity contribution in [1.82, 2.24) is 25.1 Å². The Hall–Kier alpha value is -2.44. The van der Waals surface area contributed by atoms with E-state index in [2.05, 4.69) is 25.8 Å². The molecule has 106 valence electrons. The van der Waals surface area contributed by atoms with E-state index in [0.717, 1.165) is 19.5 Å². The number of anilines is 1. The SMILES string of the molecule is CCNc1ccc(C(=O)NCCCn2ccnc2)nn1. The highest BCUT2D eigenvalue weighted by Crippen LogP contribution is 2.01. The van der Waals surface area contributed by atoms with Crippen molar-refractivity contribution in [3.05, 3.63) is 36.5 Å². The lowest BCUT2D eigenvalue weighted by Crippen LogP contribution is -2.26. The minimum Gasteiger partial charge on any atom is -0.369 e. The molecule has 0 spiro atoms. The number of nitrogens with one attached hydrogen (secondary N) is 2. The van der Waals surface area contributed by atoms with Gasteiger partial charge in [-0.3, -0.25) is 4.79 Å². The third kappa shape index (κ3) is 4.04. The van der Waals surface area contributed by atoms with Crippen LogP contribution in [0.5, 0.6) is 0 Å². The summed E-state index contributed by atoms with van der Waals surface area (Å²) in [6.07, 6.45) is 6.23. The molecule has 0 atom stereocenters. The number of carbonyl (C=O) groups is 1. The highest BCUT2D eigenvalue weighted by atomic mass is 16.1. The van der Waals surface area contributed by atoms with Crippen LogP contribution in [0, 0.1) is 0 Å². The molecule has 0 radical (unpaired) electrons. The van der Waals surface area contributed by atoms with E-state index in [1.165, 1.54) is 0 Å². The molecular weight excluding hydrogens is 256 g/mol. The molecule has 2 heterocycles. The lowest BCUT2D eigenvalue weighted by atomic mass is 10.3. The summed E-state index contributed by atoms with van der Waals surface area (Å²) in [5.74, 6) is 0.468. The zero-order chi connectivity index (χ0) is 14.2. The Kier molecular flexibility index (Phi) is 5.05. The Morgan fingerprint density at radius 1 is 1.35 bits per heavy atom. The summed E-state index contributed by atoms with van der Waals surface area (Å²) in [4.78, 5) is 15.8. The summed E-state index contributed by atoms with van der Waals surface area (Å²) in [6.45, 7) is 4.16. The van der Waals surface area contributed by atoms with Crippen molar-refractivity contribution in [3.63, 3.8) is 0 Å². The zero-order valence-corrected chi connectivity index (χ0v) is 11.4. The van der Waals surface area contributed by atoms with Crippen LogP contribution in [0.4, 0.5) is 5.82 Å². The number of nitrogens with zero attached hydrogens (tertiary/aromatic N) is 4. The zero-order valence-electron chi connectivity index (χ0n) is 11.4. The number of rotatable bonds is 7. The molecule has 2 N–H and O–H groups in total. The molecule has 7 heteroatoms. The first kappa shape index (κ1) is 14.0. The molecule has 0 unspecified atom stereocenters. The summed E-state index contributed by atoms with van der Waals surface area (Å²) >= 11 is 0. The van der Waals surface area contributed by atoms with E-state index in [0.29, 0.717) is 18.1 Å². The van der Waals surface area contributed by atoms with Gasteiger partial charge in [0, 0.05) is 32.0 Å². The average Bonchev–Trinajstić information content (AvgIpc) is 2.98. The van der Waals surface area contributed by atoms with Crippen LogP contribution in [-0.4, -0.2) is 38.7 Å². The quantitative estimate of drug-likeness (QED) is 0.734. The van der Waals surface area contributed by atoms with Crippen molar-refractivity contribution >= 4 is 11.7 Å². The highest BCUT2D eigenvalue weighted by molar-refractivity contribution is 5.92. The second-order valence-corrected chi connectivity index (χ2v) is 4.24. The van der Waals surface area contributed by atoms with Crippen molar-refractivity contribution in [1.29, 1.82) is 0 Å². The fraction of sp³-hybridized carbons (Fsp3) is 0.385. The number of aryl methyl sites for hydroxylation is 1. The molecule has 2 aromatic rings. The maximum absolute atomic E-state index is 11.8. The van der Waals surface area contributed by atoms with Gasteiger partial charge in [0.15, 0.2) is 5.69 Å². The Bertz CT molecular complexity index is 522. The number of carbonyl (C=O) groups excluding carboxylic acids is 1. The van der Waals surface area contributed by atoms with Crippen LogP contribution < -0.4 is 10.6 Å². The molecule has 20 heavy (non-hydrogen) atoms. The smallest absolute Gasteiger partial charge is 0.271 e. The van der Waals surface area contributed by atoms with Crippen LogP contribution in [0.15, 0.2) is 30.9 Å². The molecule has 0 aliphatic carbocycles. The van der Waals surface area contributed by atoms with Crippen LogP contribution in [0.3, 0.4) is 0 Å². The molecule has 0 saturated heterocycles. The molecule has 0 aliphatic heterocycles. The van der Waals surface area contributed by atoms with Gasteiger partial charge in [-0.15, -0.1) is 10.2 Å². The van der Waals surface area contributed by atoms with Crippen LogP contribution in [0.1, 0.15) is 23.8 Å². The molecule has 2 aromatic heterocycles. The van der Waals surface area contributed by atoms with E-state index in [1.807, 2.05) is 17.7 Å². The van der Waals surface area contributed by atoms with E-state index >= 15 is 0 Å². The standard InChI is InChI=1S/C13H18N6O/c1-2-15-12-5-4-11(17-18-12)13(20)16-6-3-8-19-9-7-14-10-19/h4-5,7,9-10H,2-3,6,8H2,1H3,(H,15,18)(H,16,20). The molecule has 7 nitrogen and oxygen atoms in total. The van der Waals surface area contributed by atoms with E-state index in [-0.39, 0.29) is 5.91 Å². The molecular formula is C13H18N6O. The lowest BCUT2D eigenvalue weighted by Gasteiger charge is -2.05. The highest BCUT2D eigenvalue weighted by Gasteiger charge is 2.07. The number of imidazole rings is 1. The predicted octanol–water partition coefficient (Wildman–Crippen LogP) is 0.925. The summed E-state index contributed by atoms with van der Waals surface area (Å²) < 4.78 is 1.97. The molecule has 0 bridgehead atoms. The van der Waals surface area contributed by atoms with Gasteiger partial charge in [0.05, 0.1) is 6.33 Å². The lowest BCUT2D eigenvalue weighted by molar-refractivity contribution is 0.0947. The van der Waals surface area contributed by atoms with Gasteiger partial charge in [-0.05, 0) is 25.5 Å². The van der Waals surface area contributed by atoms with Gasteiger partial charge in [-0.1, -0.05) is 0 Å². The van der Waals surface area contributed by atoms with E-state index < -0.39 is 0 Å². The van der Waals surface area contributed by atoms with E-state index in [9.17, 15) is 4.79 Å². The molecule has 0 aliphatic rings. The number of amides is 1. The maximum Gasteiger partial charge on any atom is 0.271 e. The van der Waals surface area contributed by atoms with Crippen LogP contribution in [-0.2, 0) is 6.54 Å². The Balaban J connectivity index is 1.73. The van der Waals surface area contributed by atoms with Gasteiger partial charge in [-0.2, -0.15) is 0 Å². The van der Waals surface area contributed by atoms with Crippen LogP contribution in [0.25, 0.3) is 0 Å². The number of aromatic nitrogens is 4. The minimum absolute atomic E-state index is 0.203. The predicted molar refractivity (Wildman–Crippen MR) is 75.4 cm³/mol. The van der Waals surface area contributed by atoms with Gasteiger partial charge in [-0.25, -0.2) is 4.98 Å². The van der Waals surface area contributed by atoms with Crippen LogP contribution >= 0.6 is 0 Å². The first-order valence-corrected chi connectivity index (χ1v) is 6.61. The fourth-order valence-corrected chi connectivity index (χ4v) is 1.70. The number of hydrogen-bond donors (Lipinski definition) is 2. The van der Waals surface area contributed by atoms with Crippen LogP contribution in [0.2, 0.25) is 0 Å². The molecule has 0 fully saturated rings. The monoisotopic (exact) mass is 274 g/mol. The molecule has 0 saturated carbocycles. The van der Waals surface area contributed by atoms with Gasteiger partial charge < -0.3 is 15.2 Å². The van der Waals surface area contributed by atoms with Gasteiger partial charge >= 0.3 is 0 Å². The van der Waals surface area contributed by atoms with Gasteiger partial charge in [0.25, 0.3) is 5.91 Å². The van der Waals surface area contributed by atoms with Gasteiger partial charge in [0.2, 0.25) is 0 Å². The van der Waals surface area contributed by atoms with Crippen molar-refractivity contribution in [3.8, 4) is 0 Å². The van der Waals surface area contributed by atoms with E-state index in [1.54, 1.807) is 24.7 Å². The summed E-state index contributed by atoms with van der Waals surface area (Å²) in [7, 11) is 0. The van der Waals surface area contributed by atoms with Gasteiger partial charge in [0.1, 0.15) is 5.82 Å². The van der Waals surface area contributed by atoms with Crippen molar-refractivity contribution in [2.24, 2.45) is 0 Å². The Morgan fingerprint density at radius 3 is 2.90 bits per heavy atom. The third-order valence-corrected chi connectivity index (χ3v) is 2.69. The molecule has 2 rings (SSSR count). The molecule has 1 amide bonds. The average molecular weight is 274 g/mol. The summed E-state index contributed by atoms with van der Waals surface area (Å²) in [6, 6.07) is 3.41. The third-order valence-electron chi connectivity index (χ3n) is 2.69.